The molecule has 1 aliphatic rings. The second-order valence-corrected chi connectivity index (χ2v) is 5.94. The average Bonchev–Trinajstić information content (AvgIpc) is 3.22. The summed E-state index contributed by atoms with van der Waals surface area (Å²) < 4.78 is 0. The third-order valence-corrected chi connectivity index (χ3v) is 3.89. The van der Waals surface area contributed by atoms with Gasteiger partial charge in [-0.05, 0) is 44.5 Å². The highest BCUT2D eigenvalue weighted by atomic mass is 35.5. The predicted octanol–water partition coefficient (Wildman–Crippen LogP) is 1.97. The maximum Gasteiger partial charge on any atom is 0.234 e. The summed E-state index contributed by atoms with van der Waals surface area (Å²) in [5.74, 6) is -0.0556. The van der Waals surface area contributed by atoms with Crippen molar-refractivity contribution in [2.24, 2.45) is 0 Å². The fourth-order valence-corrected chi connectivity index (χ4v) is 2.32. The van der Waals surface area contributed by atoms with Crippen molar-refractivity contribution in [3.8, 4) is 0 Å². The molecule has 4 nitrogen and oxygen atoms in total. The van der Waals surface area contributed by atoms with Crippen molar-refractivity contribution < 1.29 is 9.90 Å². The molecular weight excluding hydrogens is 276 g/mol. The highest BCUT2D eigenvalue weighted by Gasteiger charge is 2.28. The third kappa shape index (κ3) is 4.20. The van der Waals surface area contributed by atoms with Crippen molar-refractivity contribution in [1.29, 1.82) is 0 Å². The molecule has 2 N–H and O–H groups in total. The molecule has 0 saturated heterocycles. The lowest BCUT2D eigenvalue weighted by Gasteiger charge is -2.22. The van der Waals surface area contributed by atoms with Gasteiger partial charge in [-0.1, -0.05) is 23.7 Å². The van der Waals surface area contributed by atoms with Gasteiger partial charge in [-0.3, -0.25) is 9.69 Å². The lowest BCUT2D eigenvalue weighted by molar-refractivity contribution is -0.123. The number of nitrogens with zero attached hydrogens (tertiary/aromatic N) is 1. The molecule has 110 valence electrons. The van der Waals surface area contributed by atoms with Crippen LogP contribution in [0.25, 0.3) is 0 Å². The molecule has 2 unspecified atom stereocenters. The Labute approximate surface area is 124 Å². The number of amides is 1. The van der Waals surface area contributed by atoms with Crippen LogP contribution in [-0.2, 0) is 4.79 Å². The van der Waals surface area contributed by atoms with Crippen LogP contribution >= 0.6 is 11.6 Å². The SMILES string of the molecule is CC(NC(=O)CN(C)C1CC1)C(O)c1ccc(Cl)cc1. The Morgan fingerprint density at radius 3 is 2.60 bits per heavy atom. The van der Waals surface area contributed by atoms with E-state index in [1.54, 1.807) is 31.2 Å². The monoisotopic (exact) mass is 296 g/mol. The molecule has 5 heteroatoms. The number of aliphatic hydroxyl groups is 1. The molecule has 0 radical (unpaired) electrons. The van der Waals surface area contributed by atoms with Gasteiger partial charge in [-0.25, -0.2) is 0 Å². The van der Waals surface area contributed by atoms with Gasteiger partial charge in [0, 0.05) is 11.1 Å². The van der Waals surface area contributed by atoms with E-state index in [9.17, 15) is 9.90 Å². The molecule has 0 heterocycles. The quantitative estimate of drug-likeness (QED) is 0.844. The van der Waals surface area contributed by atoms with Crippen molar-refractivity contribution in [2.75, 3.05) is 13.6 Å². The molecule has 1 aliphatic carbocycles. The summed E-state index contributed by atoms with van der Waals surface area (Å²) in [6.07, 6.45) is 1.61. The number of carbonyl (C=O) groups is 1. The molecule has 0 spiro atoms. The minimum atomic E-state index is -0.734. The molecule has 0 aromatic heterocycles. The van der Waals surface area contributed by atoms with E-state index in [2.05, 4.69) is 10.2 Å². The molecule has 1 aromatic carbocycles. The zero-order valence-corrected chi connectivity index (χ0v) is 12.6. The van der Waals surface area contributed by atoms with E-state index in [0.717, 1.165) is 5.56 Å². The van der Waals surface area contributed by atoms with Gasteiger partial charge in [0.1, 0.15) is 0 Å². The molecule has 2 rings (SSSR count). The summed E-state index contributed by atoms with van der Waals surface area (Å²) in [4.78, 5) is 14.0. The topological polar surface area (TPSA) is 52.6 Å². The van der Waals surface area contributed by atoms with Crippen molar-refractivity contribution in [2.45, 2.75) is 38.0 Å². The zero-order valence-electron chi connectivity index (χ0n) is 11.8. The molecule has 1 amide bonds. The third-order valence-electron chi connectivity index (χ3n) is 3.64. The second-order valence-electron chi connectivity index (χ2n) is 5.50. The number of likely N-dealkylation sites (N-methyl/N-ethyl adjacent to an activating group) is 1. The summed E-state index contributed by atoms with van der Waals surface area (Å²) in [7, 11) is 1.96. The number of aliphatic hydroxyl groups excluding tert-OH is 1. The number of nitrogens with one attached hydrogen (secondary N) is 1. The van der Waals surface area contributed by atoms with E-state index in [4.69, 9.17) is 11.6 Å². The summed E-state index contributed by atoms with van der Waals surface area (Å²) in [5, 5.41) is 13.7. The fraction of sp³-hybridized carbons (Fsp3) is 0.533. The number of rotatable bonds is 6. The Morgan fingerprint density at radius 1 is 1.45 bits per heavy atom. The van der Waals surface area contributed by atoms with E-state index in [1.165, 1.54) is 12.8 Å². The van der Waals surface area contributed by atoms with Crippen molar-refractivity contribution >= 4 is 17.5 Å². The van der Waals surface area contributed by atoms with Crippen LogP contribution in [0.15, 0.2) is 24.3 Å². The van der Waals surface area contributed by atoms with Crippen LogP contribution in [0.1, 0.15) is 31.4 Å². The molecule has 1 saturated carbocycles. The van der Waals surface area contributed by atoms with E-state index < -0.39 is 6.10 Å². The summed E-state index contributed by atoms with van der Waals surface area (Å²) in [6.45, 7) is 2.18. The molecule has 1 aromatic rings. The summed E-state index contributed by atoms with van der Waals surface area (Å²) in [6, 6.07) is 7.22. The van der Waals surface area contributed by atoms with E-state index in [1.807, 2.05) is 7.05 Å². The lowest BCUT2D eigenvalue weighted by Crippen LogP contribution is -2.42. The van der Waals surface area contributed by atoms with Crippen LogP contribution in [0.5, 0.6) is 0 Å². The number of hydrogen-bond acceptors (Lipinski definition) is 3. The number of hydrogen-bond donors (Lipinski definition) is 2. The van der Waals surface area contributed by atoms with Gasteiger partial charge in [0.25, 0.3) is 0 Å². The van der Waals surface area contributed by atoms with E-state index in [0.29, 0.717) is 17.6 Å². The Morgan fingerprint density at radius 2 is 2.05 bits per heavy atom. The van der Waals surface area contributed by atoms with Crippen LogP contribution in [0, 0.1) is 0 Å². The lowest BCUT2D eigenvalue weighted by atomic mass is 10.0. The van der Waals surface area contributed by atoms with Crippen molar-refractivity contribution in [3.63, 3.8) is 0 Å². The number of benzene rings is 1. The maximum atomic E-state index is 11.9. The molecule has 2 atom stereocenters. The first-order valence-electron chi connectivity index (χ1n) is 6.90. The fourth-order valence-electron chi connectivity index (χ4n) is 2.20. The minimum absolute atomic E-state index is 0.0556. The molecule has 0 bridgehead atoms. The van der Waals surface area contributed by atoms with Crippen LogP contribution < -0.4 is 5.32 Å². The highest BCUT2D eigenvalue weighted by molar-refractivity contribution is 6.30. The Bertz CT molecular complexity index is 459. The van der Waals surface area contributed by atoms with Gasteiger partial charge < -0.3 is 10.4 Å². The first kappa shape index (κ1) is 15.3. The van der Waals surface area contributed by atoms with Gasteiger partial charge in [0.2, 0.25) is 5.91 Å². The van der Waals surface area contributed by atoms with Gasteiger partial charge >= 0.3 is 0 Å². The smallest absolute Gasteiger partial charge is 0.234 e. The summed E-state index contributed by atoms with van der Waals surface area (Å²) >= 11 is 5.82. The Balaban J connectivity index is 1.84. The first-order valence-corrected chi connectivity index (χ1v) is 7.28. The standard InChI is InChI=1S/C15H21ClN2O2/c1-10(15(20)11-3-5-12(16)6-4-11)17-14(19)9-18(2)13-7-8-13/h3-6,10,13,15,20H,7-9H2,1-2H3,(H,17,19). The van der Waals surface area contributed by atoms with Crippen LogP contribution in [0.3, 0.4) is 0 Å². The zero-order chi connectivity index (χ0) is 14.7. The van der Waals surface area contributed by atoms with Gasteiger partial charge in [0.05, 0.1) is 18.7 Å². The van der Waals surface area contributed by atoms with Gasteiger partial charge in [0.15, 0.2) is 0 Å². The molecular formula is C15H21ClN2O2. The minimum Gasteiger partial charge on any atom is -0.386 e. The maximum absolute atomic E-state index is 11.9. The van der Waals surface area contributed by atoms with Crippen LogP contribution in [-0.4, -0.2) is 41.6 Å². The molecule has 0 aliphatic heterocycles. The average molecular weight is 297 g/mol. The number of halogens is 1. The molecule has 1 fully saturated rings. The van der Waals surface area contributed by atoms with Crippen LogP contribution in [0.4, 0.5) is 0 Å². The largest absolute Gasteiger partial charge is 0.386 e. The summed E-state index contributed by atoms with van der Waals surface area (Å²) in [5.41, 5.74) is 0.748. The Hall–Kier alpha value is -1.10. The highest BCUT2D eigenvalue weighted by Crippen LogP contribution is 2.25. The van der Waals surface area contributed by atoms with E-state index in [-0.39, 0.29) is 11.9 Å². The van der Waals surface area contributed by atoms with Gasteiger partial charge in [-0.2, -0.15) is 0 Å². The Kier molecular flexibility index (Phi) is 5.02. The predicted molar refractivity (Wildman–Crippen MR) is 79.7 cm³/mol. The van der Waals surface area contributed by atoms with Crippen molar-refractivity contribution in [3.05, 3.63) is 34.9 Å². The van der Waals surface area contributed by atoms with Gasteiger partial charge in [-0.15, -0.1) is 0 Å². The van der Waals surface area contributed by atoms with E-state index >= 15 is 0 Å². The normalized spacial score (nSPS) is 17.9. The first-order chi connectivity index (χ1) is 9.47. The molecule has 20 heavy (non-hydrogen) atoms. The van der Waals surface area contributed by atoms with Crippen LogP contribution in [0.2, 0.25) is 5.02 Å². The second kappa shape index (κ2) is 6.57. The number of carbonyl (C=O) groups excluding carboxylic acids is 1. The van der Waals surface area contributed by atoms with Crippen molar-refractivity contribution in [1.82, 2.24) is 10.2 Å².